The van der Waals surface area contributed by atoms with Gasteiger partial charge in [-0.15, -0.1) is 48.0 Å². The first-order chi connectivity index (χ1) is 35.1. The number of furan rings is 1. The maximum Gasteiger partial charge on any atom is 0.418 e. The second kappa shape index (κ2) is 20.1. The fourth-order valence-corrected chi connectivity index (χ4v) is 9.58. The summed E-state index contributed by atoms with van der Waals surface area (Å²) in [5.74, 6) is -0.216. The van der Waals surface area contributed by atoms with Gasteiger partial charge in [0.15, 0.2) is 0 Å². The van der Waals surface area contributed by atoms with Crippen molar-refractivity contribution in [2.75, 3.05) is 0 Å². The summed E-state index contributed by atoms with van der Waals surface area (Å²) >= 11 is 0. The topological polar surface area (TPSA) is 43.9 Å². The maximum atomic E-state index is 15.3. The van der Waals surface area contributed by atoms with E-state index in [9.17, 15) is 13.2 Å². The van der Waals surface area contributed by atoms with Crippen molar-refractivity contribution < 1.29 is 66.8 Å². The van der Waals surface area contributed by atoms with Crippen molar-refractivity contribution in [3.05, 3.63) is 192 Å². The Labute approximate surface area is 439 Å². The van der Waals surface area contributed by atoms with Gasteiger partial charge >= 0.3 is 18.5 Å². The summed E-state index contributed by atoms with van der Waals surface area (Å²) in [6, 6.07) is 44.3. The zero-order chi connectivity index (χ0) is 54.0. The van der Waals surface area contributed by atoms with E-state index in [1.54, 1.807) is 39.0 Å². The van der Waals surface area contributed by atoms with Crippen LogP contribution in [0.5, 0.6) is 0 Å². The van der Waals surface area contributed by atoms with Gasteiger partial charge in [0, 0.05) is 34.4 Å². The molecule has 74 heavy (non-hydrogen) atoms. The Morgan fingerprint density at radius 2 is 1.27 bits per heavy atom. The molecule has 0 fully saturated rings. The third-order valence-electron chi connectivity index (χ3n) is 12.1. The van der Waals surface area contributed by atoms with Crippen LogP contribution in [0.4, 0.5) is 39.5 Å². The number of alkyl halides is 9. The zero-order valence-corrected chi connectivity index (χ0v) is 43.9. The fourth-order valence-electron chi connectivity index (χ4n) is 8.55. The number of pyridine rings is 1. The molecule has 0 amide bonds. The third-order valence-corrected chi connectivity index (χ3v) is 14.1. The minimum atomic E-state index is -5.25. The van der Waals surface area contributed by atoms with E-state index >= 15 is 26.3 Å². The Morgan fingerprint density at radius 1 is 0.635 bits per heavy atom. The van der Waals surface area contributed by atoms with Gasteiger partial charge in [0.1, 0.15) is 5.58 Å². The van der Waals surface area contributed by atoms with Crippen LogP contribution in [-0.2, 0) is 45.0 Å². The molecule has 0 atom stereocenters. The maximum absolute atomic E-state index is 15.3. The van der Waals surface area contributed by atoms with E-state index in [0.29, 0.717) is 39.7 Å². The van der Waals surface area contributed by atoms with Gasteiger partial charge < -0.3 is 14.0 Å². The molecule has 0 aliphatic carbocycles. The standard InChI is InChI=1S/C44H31F6N2O.C15H15F3NSi.Ir/c1-42(2,3)25-26-16-18-28(19-17-26)30-22-34(43(45,46)47)39(35(23-30)44(48,49)50)52-37-15-8-7-14-36(37)51-41(52)33-13-9-12-32-31-21-20-29(24-38(31)53-40(32)33)27-10-5-4-6-11-27;1-20(2,3)13-8-9-14(19-10-13)11-4-6-12(7-5-11)15(16,17)18;/h4-12,14-24H,25H2,1-3H3;4,6-10H,1-3H3;/q2*-1;/i25D2;;. The third kappa shape index (κ3) is 11.3. The summed E-state index contributed by atoms with van der Waals surface area (Å²) in [6.07, 6.45) is -14.8. The SMILES string of the molecule is C[Si](C)(C)c1ccc(-c2[c-]cc(C(F)(F)F)cc2)nc1.[2H]C([2H])(c1ccc(-c2cc(C(F)(F)F)c(-n3c(-c4[c-]ccc5c4oc4cc(-c6ccccc6)ccc45)nc4ccccc43)c(C(F)(F)F)c2)cc1)C(C)(C)C.[Ir]. The van der Waals surface area contributed by atoms with E-state index in [1.807, 2.05) is 66.9 Å². The van der Waals surface area contributed by atoms with Gasteiger partial charge in [0.2, 0.25) is 0 Å². The summed E-state index contributed by atoms with van der Waals surface area (Å²) in [5.41, 5.74) is -1.81. The van der Waals surface area contributed by atoms with Gasteiger partial charge in [-0.05, 0) is 86.4 Å². The number of imidazole rings is 1. The molecular formula is C59H46F9IrN3OSi-2. The minimum Gasteiger partial charge on any atom is -0.501 e. The first kappa shape index (κ1) is 50.7. The largest absolute Gasteiger partial charge is 0.501 e. The Hall–Kier alpha value is -6.80. The van der Waals surface area contributed by atoms with Gasteiger partial charge in [-0.25, -0.2) is 0 Å². The molecule has 1 radical (unpaired) electrons. The van der Waals surface area contributed by atoms with Crippen LogP contribution in [0.25, 0.3) is 83.6 Å². The normalized spacial score (nSPS) is 13.1. The number of halogens is 9. The van der Waals surface area contributed by atoms with Crippen LogP contribution in [-0.4, -0.2) is 22.6 Å². The van der Waals surface area contributed by atoms with Crippen molar-refractivity contribution in [2.24, 2.45) is 5.41 Å². The predicted octanol–water partition coefficient (Wildman–Crippen LogP) is 17.5. The average molecular weight is 1210 g/mol. The number of benzene rings is 7. The average Bonchev–Trinajstić information content (AvgIpc) is 4.04. The molecule has 0 N–H and O–H groups in total. The molecule has 0 saturated heterocycles. The van der Waals surface area contributed by atoms with Gasteiger partial charge in [-0.3, -0.25) is 4.98 Å². The number of nitrogens with zero attached hydrogens (tertiary/aromatic N) is 3. The molecule has 0 saturated carbocycles. The molecule has 4 nitrogen and oxygen atoms in total. The molecule has 3 heterocycles. The number of hydrogen-bond donors (Lipinski definition) is 0. The number of fused-ring (bicyclic) bond motifs is 4. The summed E-state index contributed by atoms with van der Waals surface area (Å²) < 4.78 is 154. The molecule has 3 aromatic heterocycles. The van der Waals surface area contributed by atoms with Gasteiger partial charge in [0.25, 0.3) is 0 Å². The molecule has 0 unspecified atom stereocenters. The Balaban J connectivity index is 0.000000307. The van der Waals surface area contributed by atoms with Crippen LogP contribution < -0.4 is 5.19 Å². The molecule has 15 heteroatoms. The van der Waals surface area contributed by atoms with E-state index in [1.165, 1.54) is 53.7 Å². The molecule has 0 bridgehead atoms. The first-order valence-corrected chi connectivity index (χ1v) is 26.5. The molecule has 7 aromatic carbocycles. The fraction of sp³-hybridized carbons (Fsp3) is 0.186. The molecule has 0 aliphatic rings. The summed E-state index contributed by atoms with van der Waals surface area (Å²) in [5, 5.41) is 2.50. The van der Waals surface area contributed by atoms with Crippen LogP contribution >= 0.6 is 0 Å². The Kier molecular flexibility index (Phi) is 13.8. The molecule has 381 valence electrons. The molecule has 10 rings (SSSR count). The van der Waals surface area contributed by atoms with Gasteiger partial charge in [0.05, 0.1) is 47.3 Å². The van der Waals surface area contributed by atoms with Crippen molar-refractivity contribution in [2.45, 2.75) is 65.3 Å². The van der Waals surface area contributed by atoms with Crippen molar-refractivity contribution in [3.63, 3.8) is 0 Å². The summed E-state index contributed by atoms with van der Waals surface area (Å²) in [6.45, 7) is 11.8. The second-order valence-corrected chi connectivity index (χ2v) is 24.7. The van der Waals surface area contributed by atoms with E-state index < -0.39 is 60.8 Å². The zero-order valence-electron chi connectivity index (χ0n) is 42.5. The van der Waals surface area contributed by atoms with Gasteiger partial charge in [-0.1, -0.05) is 142 Å². The minimum absolute atomic E-state index is 0. The van der Waals surface area contributed by atoms with Crippen molar-refractivity contribution in [1.29, 1.82) is 0 Å². The second-order valence-electron chi connectivity index (χ2n) is 19.6. The number of para-hydroxylation sites is 2. The molecular weight excluding hydrogens is 1160 g/mol. The van der Waals surface area contributed by atoms with Gasteiger partial charge in [-0.2, -0.15) is 39.5 Å². The van der Waals surface area contributed by atoms with Crippen LogP contribution in [0.15, 0.2) is 162 Å². The Bertz CT molecular complexity index is 3620. The van der Waals surface area contributed by atoms with Crippen LogP contribution in [0.3, 0.4) is 0 Å². The predicted molar refractivity (Wildman–Crippen MR) is 273 cm³/mol. The van der Waals surface area contributed by atoms with Crippen LogP contribution in [0.2, 0.25) is 19.6 Å². The smallest absolute Gasteiger partial charge is 0.418 e. The summed E-state index contributed by atoms with van der Waals surface area (Å²) in [7, 11) is -1.41. The quantitative estimate of drug-likeness (QED) is 0.0907. The van der Waals surface area contributed by atoms with Crippen molar-refractivity contribution >= 4 is 46.2 Å². The Morgan fingerprint density at radius 3 is 1.85 bits per heavy atom. The van der Waals surface area contributed by atoms with Crippen molar-refractivity contribution in [3.8, 4) is 50.6 Å². The molecule has 10 aromatic rings. The monoisotopic (exact) mass is 1210 g/mol. The first-order valence-electron chi connectivity index (χ1n) is 24.0. The van der Waals surface area contributed by atoms with E-state index in [0.717, 1.165) is 27.8 Å². The number of hydrogen-bond acceptors (Lipinski definition) is 3. The van der Waals surface area contributed by atoms with Crippen LogP contribution in [0.1, 0.15) is 45.8 Å². The summed E-state index contributed by atoms with van der Waals surface area (Å²) in [4.78, 5) is 8.96. The van der Waals surface area contributed by atoms with E-state index in [4.69, 9.17) is 7.16 Å². The van der Waals surface area contributed by atoms with E-state index in [-0.39, 0.29) is 64.8 Å². The van der Waals surface area contributed by atoms with Crippen molar-refractivity contribution in [1.82, 2.24) is 14.5 Å². The molecule has 0 spiro atoms. The van der Waals surface area contributed by atoms with E-state index in [2.05, 4.69) is 41.7 Å². The number of rotatable bonds is 7. The number of aromatic nitrogens is 3. The molecule has 0 aliphatic heterocycles. The van der Waals surface area contributed by atoms with Crippen LogP contribution in [0, 0.1) is 17.5 Å².